The van der Waals surface area contributed by atoms with Gasteiger partial charge in [0.1, 0.15) is 11.5 Å². The lowest BCUT2D eigenvalue weighted by atomic mass is 10.1. The van der Waals surface area contributed by atoms with E-state index in [-0.39, 0.29) is 41.8 Å². The highest BCUT2D eigenvalue weighted by Gasteiger charge is 2.14. The number of nitrogens with one attached hydrogen (secondary N) is 1. The van der Waals surface area contributed by atoms with Crippen LogP contribution in [0.1, 0.15) is 16.8 Å². The molecule has 0 unspecified atom stereocenters. The number of aromatic hydroxyl groups is 2. The number of rotatable bonds is 4. The molecule has 0 saturated heterocycles. The van der Waals surface area contributed by atoms with Crippen LogP contribution in [-0.2, 0) is 4.79 Å². The number of nitrogens with zero attached hydrogens (tertiary/aromatic N) is 1. The van der Waals surface area contributed by atoms with Crippen LogP contribution in [0.2, 0.25) is 0 Å². The van der Waals surface area contributed by atoms with E-state index < -0.39 is 0 Å². The molecule has 0 aliphatic rings. The molecule has 0 heterocycles. The van der Waals surface area contributed by atoms with Crippen molar-refractivity contribution in [2.24, 2.45) is 0 Å². The Morgan fingerprint density at radius 3 is 2.28 bits per heavy atom. The van der Waals surface area contributed by atoms with Crippen molar-refractivity contribution in [2.75, 3.05) is 20.6 Å². The van der Waals surface area contributed by atoms with Gasteiger partial charge in [-0.1, -0.05) is 0 Å². The van der Waals surface area contributed by atoms with E-state index in [0.717, 1.165) is 6.07 Å². The monoisotopic (exact) mass is 252 g/mol. The Bertz CT molecular complexity index is 439. The van der Waals surface area contributed by atoms with E-state index >= 15 is 0 Å². The van der Waals surface area contributed by atoms with E-state index in [1.165, 1.54) is 24.1 Å². The summed E-state index contributed by atoms with van der Waals surface area (Å²) < 4.78 is 0. The average molecular weight is 252 g/mol. The molecule has 0 aliphatic carbocycles. The van der Waals surface area contributed by atoms with Gasteiger partial charge in [-0.2, -0.15) is 0 Å². The molecule has 0 spiro atoms. The number of carbonyl (C=O) groups is 2. The predicted octanol–water partition coefficient (Wildman–Crippen LogP) is 0.306. The van der Waals surface area contributed by atoms with E-state index in [9.17, 15) is 19.8 Å². The second-order valence-electron chi connectivity index (χ2n) is 3.89. The van der Waals surface area contributed by atoms with Crippen molar-refractivity contribution in [2.45, 2.75) is 6.42 Å². The van der Waals surface area contributed by atoms with Gasteiger partial charge < -0.3 is 20.4 Å². The van der Waals surface area contributed by atoms with E-state index in [0.29, 0.717) is 0 Å². The van der Waals surface area contributed by atoms with Gasteiger partial charge in [0.2, 0.25) is 5.91 Å². The number of hydrogen-bond donors (Lipinski definition) is 3. The molecular formula is C12H16N2O4. The average Bonchev–Trinajstić information content (AvgIpc) is 2.33. The molecular weight excluding hydrogens is 236 g/mol. The topological polar surface area (TPSA) is 89.9 Å². The predicted molar refractivity (Wildman–Crippen MR) is 65.4 cm³/mol. The summed E-state index contributed by atoms with van der Waals surface area (Å²) in [7, 11) is 3.07. The third-order valence-electron chi connectivity index (χ3n) is 2.45. The molecule has 0 aromatic heterocycles. The second kappa shape index (κ2) is 5.90. The third kappa shape index (κ3) is 3.65. The first-order chi connectivity index (χ1) is 8.43. The number of benzene rings is 1. The maximum Gasteiger partial charge on any atom is 0.253 e. The van der Waals surface area contributed by atoms with E-state index in [1.807, 2.05) is 0 Å². The molecule has 1 aromatic carbocycles. The molecule has 0 fully saturated rings. The number of carbonyl (C=O) groups excluding carboxylic acids is 2. The van der Waals surface area contributed by atoms with Crippen molar-refractivity contribution in [3.05, 3.63) is 23.8 Å². The molecule has 0 saturated carbocycles. The molecule has 3 N–H and O–H groups in total. The number of phenols is 2. The van der Waals surface area contributed by atoms with E-state index in [4.69, 9.17) is 0 Å². The standard InChI is InChI=1S/C12H16N2O4/c1-13-11(17)3-4-14(2)12(18)8-5-9(15)7-10(16)6-8/h5-7,15-16H,3-4H2,1-2H3,(H,13,17). The summed E-state index contributed by atoms with van der Waals surface area (Å²) in [6.45, 7) is 0.259. The fourth-order valence-corrected chi connectivity index (χ4v) is 1.43. The quantitative estimate of drug-likeness (QED) is 0.719. The number of amides is 2. The van der Waals surface area contributed by atoms with Gasteiger partial charge in [-0.25, -0.2) is 0 Å². The van der Waals surface area contributed by atoms with Crippen molar-refractivity contribution in [1.82, 2.24) is 10.2 Å². The summed E-state index contributed by atoms with van der Waals surface area (Å²) >= 11 is 0. The highest BCUT2D eigenvalue weighted by Crippen LogP contribution is 2.21. The maximum atomic E-state index is 11.9. The van der Waals surface area contributed by atoms with Gasteiger partial charge in [-0.05, 0) is 12.1 Å². The molecule has 98 valence electrons. The van der Waals surface area contributed by atoms with Gasteiger partial charge in [0.25, 0.3) is 5.91 Å². The first kappa shape index (κ1) is 13.8. The molecule has 1 rings (SSSR count). The van der Waals surface area contributed by atoms with Gasteiger partial charge >= 0.3 is 0 Å². The zero-order valence-corrected chi connectivity index (χ0v) is 10.3. The molecule has 6 heteroatoms. The summed E-state index contributed by atoms with van der Waals surface area (Å²) in [5, 5.41) is 21.0. The molecule has 0 aliphatic heterocycles. The molecule has 0 atom stereocenters. The van der Waals surface area contributed by atoms with Crippen LogP contribution in [0, 0.1) is 0 Å². The summed E-state index contributed by atoms with van der Waals surface area (Å²) in [5.74, 6) is -0.894. The lowest BCUT2D eigenvalue weighted by molar-refractivity contribution is -0.120. The normalized spacial score (nSPS) is 9.89. The Morgan fingerprint density at radius 1 is 1.22 bits per heavy atom. The second-order valence-corrected chi connectivity index (χ2v) is 3.89. The Morgan fingerprint density at radius 2 is 1.78 bits per heavy atom. The fraction of sp³-hybridized carbons (Fsp3) is 0.333. The van der Waals surface area contributed by atoms with Crippen LogP contribution in [-0.4, -0.2) is 47.6 Å². The summed E-state index contributed by atoms with van der Waals surface area (Å²) in [6, 6.07) is 3.66. The summed E-state index contributed by atoms with van der Waals surface area (Å²) in [4.78, 5) is 24.3. The zero-order chi connectivity index (χ0) is 13.7. The molecule has 18 heavy (non-hydrogen) atoms. The summed E-state index contributed by atoms with van der Waals surface area (Å²) in [5.41, 5.74) is 0.173. The van der Waals surface area contributed by atoms with Crippen LogP contribution in [0.3, 0.4) is 0 Å². The minimum atomic E-state index is -0.370. The number of hydrogen-bond acceptors (Lipinski definition) is 4. The van der Waals surface area contributed by atoms with Crippen LogP contribution in [0.5, 0.6) is 11.5 Å². The minimum Gasteiger partial charge on any atom is -0.508 e. The van der Waals surface area contributed by atoms with Crippen molar-refractivity contribution >= 4 is 11.8 Å². The van der Waals surface area contributed by atoms with Crippen LogP contribution < -0.4 is 5.32 Å². The highest BCUT2D eigenvalue weighted by atomic mass is 16.3. The Balaban J connectivity index is 2.71. The molecule has 2 amide bonds. The zero-order valence-electron chi connectivity index (χ0n) is 10.3. The van der Waals surface area contributed by atoms with Gasteiger partial charge in [-0.15, -0.1) is 0 Å². The van der Waals surface area contributed by atoms with Crippen LogP contribution in [0.15, 0.2) is 18.2 Å². The Hall–Kier alpha value is -2.24. The van der Waals surface area contributed by atoms with Crippen molar-refractivity contribution in [3.63, 3.8) is 0 Å². The van der Waals surface area contributed by atoms with E-state index in [1.54, 1.807) is 7.05 Å². The van der Waals surface area contributed by atoms with Crippen LogP contribution in [0.25, 0.3) is 0 Å². The van der Waals surface area contributed by atoms with Gasteiger partial charge in [-0.3, -0.25) is 9.59 Å². The van der Waals surface area contributed by atoms with Gasteiger partial charge in [0, 0.05) is 38.7 Å². The molecule has 0 bridgehead atoms. The highest BCUT2D eigenvalue weighted by molar-refractivity contribution is 5.95. The molecule has 0 radical (unpaired) electrons. The largest absolute Gasteiger partial charge is 0.508 e. The Kier molecular flexibility index (Phi) is 4.53. The smallest absolute Gasteiger partial charge is 0.253 e. The first-order valence-electron chi connectivity index (χ1n) is 5.43. The van der Waals surface area contributed by atoms with Crippen LogP contribution in [0.4, 0.5) is 0 Å². The van der Waals surface area contributed by atoms with Crippen molar-refractivity contribution < 1.29 is 19.8 Å². The first-order valence-corrected chi connectivity index (χ1v) is 5.43. The lowest BCUT2D eigenvalue weighted by Crippen LogP contribution is -2.31. The molecule has 1 aromatic rings. The Labute approximate surface area is 105 Å². The SMILES string of the molecule is CNC(=O)CCN(C)C(=O)c1cc(O)cc(O)c1. The fourth-order valence-electron chi connectivity index (χ4n) is 1.43. The van der Waals surface area contributed by atoms with Gasteiger partial charge in [0.15, 0.2) is 0 Å². The van der Waals surface area contributed by atoms with Crippen molar-refractivity contribution in [3.8, 4) is 11.5 Å². The van der Waals surface area contributed by atoms with Crippen molar-refractivity contribution in [1.29, 1.82) is 0 Å². The van der Waals surface area contributed by atoms with Crippen LogP contribution >= 0.6 is 0 Å². The third-order valence-corrected chi connectivity index (χ3v) is 2.45. The number of phenolic OH excluding ortho intramolecular Hbond substituents is 2. The molecule has 6 nitrogen and oxygen atoms in total. The maximum absolute atomic E-state index is 11.9. The lowest BCUT2D eigenvalue weighted by Gasteiger charge is -2.16. The summed E-state index contributed by atoms with van der Waals surface area (Å²) in [6.07, 6.45) is 0.198. The minimum absolute atomic E-state index is 0.159. The van der Waals surface area contributed by atoms with E-state index in [2.05, 4.69) is 5.32 Å². The van der Waals surface area contributed by atoms with Gasteiger partial charge in [0.05, 0.1) is 0 Å².